The Morgan fingerprint density at radius 3 is 2.32 bits per heavy atom. The van der Waals surface area contributed by atoms with Crippen LogP contribution in [0.1, 0.15) is 35.6 Å². The first-order valence-electron chi connectivity index (χ1n) is 12.6. The van der Waals surface area contributed by atoms with Gasteiger partial charge < -0.3 is 4.90 Å². The van der Waals surface area contributed by atoms with Gasteiger partial charge in [0.25, 0.3) is 0 Å². The average Bonchev–Trinajstić information content (AvgIpc) is 3.15. The zero-order valence-electron chi connectivity index (χ0n) is 21.2. The fourth-order valence-electron chi connectivity index (χ4n) is 5.16. The van der Waals surface area contributed by atoms with Crippen LogP contribution in [0.5, 0.6) is 0 Å². The van der Waals surface area contributed by atoms with E-state index in [2.05, 4.69) is 35.2 Å². The molecule has 2 aliphatic rings. The van der Waals surface area contributed by atoms with Crippen LogP contribution >= 0.6 is 0 Å². The quantitative estimate of drug-likeness (QED) is 0.428. The summed E-state index contributed by atoms with van der Waals surface area (Å²) in [7, 11) is -1.03. The first kappa shape index (κ1) is 25.3. The van der Waals surface area contributed by atoms with Crippen molar-refractivity contribution in [1.82, 2.24) is 9.80 Å². The van der Waals surface area contributed by atoms with Crippen LogP contribution in [-0.2, 0) is 22.1 Å². The van der Waals surface area contributed by atoms with Gasteiger partial charge in [-0.2, -0.15) is 0 Å². The van der Waals surface area contributed by atoms with Gasteiger partial charge in [0.1, 0.15) is 5.82 Å². The summed E-state index contributed by atoms with van der Waals surface area (Å²) in [6, 6.07) is 22.8. The van der Waals surface area contributed by atoms with Gasteiger partial charge in [-0.25, -0.2) is 4.39 Å². The van der Waals surface area contributed by atoms with Crippen LogP contribution in [0.25, 0.3) is 17.2 Å². The lowest BCUT2D eigenvalue weighted by atomic mass is 10.0. The molecule has 0 unspecified atom stereocenters. The van der Waals surface area contributed by atoms with Crippen molar-refractivity contribution in [2.75, 3.05) is 32.4 Å². The summed E-state index contributed by atoms with van der Waals surface area (Å²) >= 11 is 0. The Bertz CT molecular complexity index is 1390. The maximum Gasteiger partial charge on any atom is 0.227 e. The molecule has 3 aromatic rings. The molecule has 37 heavy (non-hydrogen) atoms. The fraction of sp³-hybridized carbons (Fsp3) is 0.258. The largest absolute Gasteiger partial charge is 0.340 e. The molecule has 0 aromatic heterocycles. The summed E-state index contributed by atoms with van der Waals surface area (Å²) in [5.74, 6) is -0.220. The lowest BCUT2D eigenvalue weighted by Crippen LogP contribution is -2.48. The summed E-state index contributed by atoms with van der Waals surface area (Å²) in [5.41, 5.74) is 6.88. The number of fused-ring (bicyclic) bond motifs is 1. The number of rotatable bonds is 6. The van der Waals surface area contributed by atoms with E-state index in [1.54, 1.807) is 18.4 Å². The van der Waals surface area contributed by atoms with Crippen molar-refractivity contribution >= 4 is 33.9 Å². The fourth-order valence-corrected chi connectivity index (χ4v) is 5.68. The molecule has 0 bridgehead atoms. The third kappa shape index (κ3) is 5.65. The second-order valence-electron chi connectivity index (χ2n) is 9.69. The SMILES string of the molecule is CC1=C(CC(=O)N2CCN(Cc3ccccc3)CC2)c2cc(F)ccc2/C1=C/c1ccc([S@@](C)=O)cc1. The van der Waals surface area contributed by atoms with Crippen molar-refractivity contribution in [1.29, 1.82) is 0 Å². The van der Waals surface area contributed by atoms with E-state index in [0.29, 0.717) is 13.1 Å². The van der Waals surface area contributed by atoms with Gasteiger partial charge in [-0.1, -0.05) is 48.5 Å². The van der Waals surface area contributed by atoms with Crippen molar-refractivity contribution < 1.29 is 13.4 Å². The Morgan fingerprint density at radius 2 is 1.65 bits per heavy atom. The van der Waals surface area contributed by atoms with Gasteiger partial charge in [-0.3, -0.25) is 13.9 Å². The Morgan fingerprint density at radius 1 is 0.946 bits per heavy atom. The minimum absolute atomic E-state index is 0.0833. The summed E-state index contributed by atoms with van der Waals surface area (Å²) in [6.07, 6.45) is 3.98. The lowest BCUT2D eigenvalue weighted by Gasteiger charge is -2.35. The van der Waals surface area contributed by atoms with Gasteiger partial charge in [0, 0.05) is 54.7 Å². The van der Waals surface area contributed by atoms with Gasteiger partial charge in [0.15, 0.2) is 0 Å². The molecule has 1 aliphatic carbocycles. The van der Waals surface area contributed by atoms with E-state index in [1.165, 1.54) is 11.6 Å². The van der Waals surface area contributed by atoms with Crippen molar-refractivity contribution in [2.24, 2.45) is 0 Å². The van der Waals surface area contributed by atoms with Gasteiger partial charge >= 0.3 is 0 Å². The molecular formula is C31H31FN2O2S. The highest BCUT2D eigenvalue weighted by atomic mass is 32.2. The zero-order chi connectivity index (χ0) is 25.9. The molecule has 1 amide bonds. The molecule has 3 aromatic carbocycles. The summed E-state index contributed by atoms with van der Waals surface area (Å²) in [6.45, 7) is 5.98. The summed E-state index contributed by atoms with van der Waals surface area (Å²) in [5, 5.41) is 0. The van der Waals surface area contributed by atoms with Gasteiger partial charge in [-0.15, -0.1) is 0 Å². The minimum Gasteiger partial charge on any atom is -0.340 e. The van der Waals surface area contributed by atoms with Crippen LogP contribution in [-0.4, -0.2) is 52.4 Å². The van der Waals surface area contributed by atoms with E-state index >= 15 is 0 Å². The Kier molecular flexibility index (Phi) is 7.49. The van der Waals surface area contributed by atoms with Crippen molar-refractivity contribution in [3.05, 3.63) is 106 Å². The second-order valence-corrected chi connectivity index (χ2v) is 11.1. The van der Waals surface area contributed by atoms with E-state index < -0.39 is 10.8 Å². The highest BCUT2D eigenvalue weighted by molar-refractivity contribution is 7.84. The number of hydrogen-bond donors (Lipinski definition) is 0. The molecular weight excluding hydrogens is 483 g/mol. The van der Waals surface area contributed by atoms with Crippen LogP contribution in [0.4, 0.5) is 4.39 Å². The highest BCUT2D eigenvalue weighted by Gasteiger charge is 2.28. The van der Waals surface area contributed by atoms with Crippen LogP contribution < -0.4 is 0 Å². The van der Waals surface area contributed by atoms with Crippen LogP contribution in [0, 0.1) is 5.82 Å². The van der Waals surface area contributed by atoms with Crippen molar-refractivity contribution in [3.63, 3.8) is 0 Å². The van der Waals surface area contributed by atoms with Crippen molar-refractivity contribution in [3.8, 4) is 0 Å². The molecule has 0 spiro atoms. The first-order chi connectivity index (χ1) is 17.9. The molecule has 190 valence electrons. The topological polar surface area (TPSA) is 40.6 Å². The van der Waals surface area contributed by atoms with Gasteiger partial charge in [-0.05, 0) is 76.2 Å². The normalized spacial score (nSPS) is 17.8. The van der Waals surface area contributed by atoms with Crippen LogP contribution in [0.2, 0.25) is 0 Å². The lowest BCUT2D eigenvalue weighted by molar-refractivity contribution is -0.131. The van der Waals surface area contributed by atoms with Crippen LogP contribution in [0.3, 0.4) is 0 Å². The number of benzene rings is 3. The third-order valence-electron chi connectivity index (χ3n) is 7.28. The molecule has 1 heterocycles. The van der Waals surface area contributed by atoms with E-state index in [0.717, 1.165) is 57.9 Å². The number of hydrogen-bond acceptors (Lipinski definition) is 3. The number of allylic oxidation sites excluding steroid dienone is 2. The van der Waals surface area contributed by atoms with E-state index in [4.69, 9.17) is 0 Å². The van der Waals surface area contributed by atoms with Gasteiger partial charge in [0.2, 0.25) is 5.91 Å². The second kappa shape index (κ2) is 11.0. The van der Waals surface area contributed by atoms with Crippen molar-refractivity contribution in [2.45, 2.75) is 24.8 Å². The summed E-state index contributed by atoms with van der Waals surface area (Å²) in [4.78, 5) is 18.4. The maximum atomic E-state index is 14.3. The molecule has 0 saturated carbocycles. The highest BCUT2D eigenvalue weighted by Crippen LogP contribution is 2.44. The molecule has 5 rings (SSSR count). The number of carbonyl (C=O) groups is 1. The molecule has 1 saturated heterocycles. The number of amides is 1. The predicted molar refractivity (Wildman–Crippen MR) is 149 cm³/mol. The number of carbonyl (C=O) groups excluding carboxylic acids is 1. The zero-order valence-corrected chi connectivity index (χ0v) is 22.1. The smallest absolute Gasteiger partial charge is 0.227 e. The molecule has 1 atom stereocenters. The standard InChI is InChI=1S/C31H31FN2O2S/c1-22-28(18-23-8-11-26(12-9-23)37(2)36)27-13-10-25(32)19-30(27)29(22)20-31(35)34-16-14-33(15-17-34)21-24-6-4-3-5-7-24/h3-13,18-19H,14-17,20-21H2,1-2H3/b28-18+/t37-/m1/s1. The van der Waals surface area contributed by atoms with Crippen LogP contribution in [0.15, 0.2) is 83.3 Å². The molecule has 1 fully saturated rings. The minimum atomic E-state index is -1.03. The number of piperazine rings is 1. The number of halogens is 1. The van der Waals surface area contributed by atoms with E-state index in [1.807, 2.05) is 42.2 Å². The van der Waals surface area contributed by atoms with E-state index in [9.17, 15) is 13.4 Å². The number of nitrogens with zero attached hydrogens (tertiary/aromatic N) is 2. The molecule has 4 nitrogen and oxygen atoms in total. The monoisotopic (exact) mass is 514 g/mol. The Labute approximate surface area is 220 Å². The molecule has 1 aliphatic heterocycles. The predicted octanol–water partition coefficient (Wildman–Crippen LogP) is 5.63. The Balaban J connectivity index is 1.33. The average molecular weight is 515 g/mol. The maximum absolute atomic E-state index is 14.3. The molecule has 0 N–H and O–H groups in total. The molecule has 0 radical (unpaired) electrons. The Hall–Kier alpha value is -3.35. The van der Waals surface area contributed by atoms with E-state index in [-0.39, 0.29) is 18.1 Å². The third-order valence-corrected chi connectivity index (χ3v) is 8.21. The molecule has 6 heteroatoms. The first-order valence-corrected chi connectivity index (χ1v) is 14.1. The van der Waals surface area contributed by atoms with Gasteiger partial charge in [0.05, 0.1) is 6.42 Å². The summed E-state index contributed by atoms with van der Waals surface area (Å²) < 4.78 is 26.0.